The van der Waals surface area contributed by atoms with Crippen molar-refractivity contribution in [2.24, 2.45) is 5.92 Å². The van der Waals surface area contributed by atoms with Crippen molar-refractivity contribution in [2.45, 2.75) is 44.0 Å². The van der Waals surface area contributed by atoms with E-state index < -0.39 is 22.0 Å². The van der Waals surface area contributed by atoms with E-state index in [0.717, 1.165) is 12.8 Å². The topological polar surface area (TPSA) is 114 Å². The Morgan fingerprint density at radius 2 is 2.15 bits per heavy atom. The molecule has 0 radical (unpaired) electrons. The summed E-state index contributed by atoms with van der Waals surface area (Å²) in [6.07, 6.45) is 2.68. The first kappa shape index (κ1) is 18.5. The minimum Gasteiger partial charge on any atom is -0.342 e. The van der Waals surface area contributed by atoms with Gasteiger partial charge in [-0.15, -0.1) is 0 Å². The van der Waals surface area contributed by atoms with Crippen LogP contribution in [0.25, 0.3) is 0 Å². The van der Waals surface area contributed by atoms with E-state index in [9.17, 15) is 13.2 Å². The smallest absolute Gasteiger partial charge is 0.251 e. The van der Waals surface area contributed by atoms with Crippen LogP contribution in [0.5, 0.6) is 0 Å². The first-order valence-electron chi connectivity index (χ1n) is 8.60. The Bertz CT molecular complexity index is 890. The zero-order valence-electron chi connectivity index (χ0n) is 14.7. The van der Waals surface area contributed by atoms with Gasteiger partial charge in [0.25, 0.3) is 5.91 Å². The van der Waals surface area contributed by atoms with Gasteiger partial charge in [0.1, 0.15) is 0 Å². The summed E-state index contributed by atoms with van der Waals surface area (Å²) in [5.74, 6) is 0.856. The first-order chi connectivity index (χ1) is 12.4. The number of nitrogens with zero attached hydrogens (tertiary/aromatic N) is 2. The molecular formula is C17H22N4O4S. The number of carbonyl (C=O) groups is 1. The van der Waals surface area contributed by atoms with Crippen LogP contribution in [0.2, 0.25) is 0 Å². The summed E-state index contributed by atoms with van der Waals surface area (Å²) in [5, 5.41) is 6.64. The van der Waals surface area contributed by atoms with Crippen molar-refractivity contribution < 1.29 is 17.7 Å². The summed E-state index contributed by atoms with van der Waals surface area (Å²) in [5.41, 5.74) is 0.262. The number of amides is 1. The van der Waals surface area contributed by atoms with Gasteiger partial charge in [-0.3, -0.25) is 4.79 Å². The largest absolute Gasteiger partial charge is 0.342 e. The van der Waals surface area contributed by atoms with Gasteiger partial charge in [-0.2, -0.15) is 4.98 Å². The van der Waals surface area contributed by atoms with Crippen LogP contribution in [0, 0.1) is 12.8 Å². The number of benzene rings is 1. The van der Waals surface area contributed by atoms with E-state index in [1.807, 2.05) is 6.92 Å². The average Bonchev–Trinajstić information content (AvgIpc) is 3.37. The van der Waals surface area contributed by atoms with Gasteiger partial charge in [-0.1, -0.05) is 18.1 Å². The van der Waals surface area contributed by atoms with Gasteiger partial charge < -0.3 is 9.84 Å². The highest BCUT2D eigenvalue weighted by atomic mass is 32.2. The van der Waals surface area contributed by atoms with Gasteiger partial charge in [0.15, 0.2) is 5.82 Å². The van der Waals surface area contributed by atoms with Crippen molar-refractivity contribution in [3.63, 3.8) is 0 Å². The fraction of sp³-hybridized carbons (Fsp3) is 0.471. The van der Waals surface area contributed by atoms with Crippen LogP contribution in [0.3, 0.4) is 0 Å². The number of aryl methyl sites for hydroxylation is 1. The number of hydrogen-bond acceptors (Lipinski definition) is 6. The van der Waals surface area contributed by atoms with Gasteiger partial charge in [-0.05, 0) is 43.4 Å². The molecule has 1 atom stereocenters. The zero-order chi connectivity index (χ0) is 18.7. The summed E-state index contributed by atoms with van der Waals surface area (Å²) in [4.78, 5) is 16.7. The summed E-state index contributed by atoms with van der Waals surface area (Å²) in [6, 6.07) is 5.57. The number of nitrogens with one attached hydrogen (secondary N) is 2. The van der Waals surface area contributed by atoms with Crippen LogP contribution in [-0.2, 0) is 10.0 Å². The molecule has 1 heterocycles. The van der Waals surface area contributed by atoms with Gasteiger partial charge in [0, 0.05) is 19.0 Å². The number of aromatic nitrogens is 2. The van der Waals surface area contributed by atoms with Crippen molar-refractivity contribution in [1.82, 2.24) is 20.2 Å². The Labute approximate surface area is 152 Å². The molecule has 2 N–H and O–H groups in total. The Morgan fingerprint density at radius 3 is 2.77 bits per heavy atom. The van der Waals surface area contributed by atoms with Gasteiger partial charge >= 0.3 is 0 Å². The van der Waals surface area contributed by atoms with Crippen molar-refractivity contribution in [3.8, 4) is 0 Å². The lowest BCUT2D eigenvalue weighted by Crippen LogP contribution is -2.29. The molecule has 2 aromatic rings. The summed E-state index contributed by atoms with van der Waals surface area (Å²) in [7, 11) is -3.62. The van der Waals surface area contributed by atoms with E-state index >= 15 is 0 Å². The standard InChI is InChI=1S/C17H22N4O4S/c1-3-15(16-19-11(2)25-21-16)20-17(22)13-5-4-6-14(9-13)26(23,24)18-10-12-7-8-12/h4-6,9,12,15,18H,3,7-8,10H2,1-2H3,(H,20,22)/t15-/m1/s1. The minimum absolute atomic E-state index is 0.0780. The molecule has 1 amide bonds. The van der Waals surface area contributed by atoms with Crippen molar-refractivity contribution in [3.05, 3.63) is 41.5 Å². The highest BCUT2D eigenvalue weighted by Crippen LogP contribution is 2.28. The molecule has 1 aliphatic carbocycles. The molecule has 1 aromatic carbocycles. The second-order valence-corrected chi connectivity index (χ2v) is 8.20. The Morgan fingerprint density at radius 1 is 1.38 bits per heavy atom. The molecule has 0 saturated heterocycles. The lowest BCUT2D eigenvalue weighted by Gasteiger charge is -2.14. The molecule has 1 fully saturated rings. The predicted octanol–water partition coefficient (Wildman–Crippen LogP) is 1.95. The molecule has 0 aliphatic heterocycles. The zero-order valence-corrected chi connectivity index (χ0v) is 15.5. The Hall–Kier alpha value is -2.26. The van der Waals surface area contributed by atoms with Crippen LogP contribution in [0.4, 0.5) is 0 Å². The van der Waals surface area contributed by atoms with Gasteiger partial charge in [0.2, 0.25) is 15.9 Å². The normalized spacial score (nSPS) is 15.6. The third-order valence-electron chi connectivity index (χ3n) is 4.23. The fourth-order valence-electron chi connectivity index (χ4n) is 2.48. The van der Waals surface area contributed by atoms with E-state index in [4.69, 9.17) is 4.52 Å². The van der Waals surface area contributed by atoms with Crippen LogP contribution >= 0.6 is 0 Å². The average molecular weight is 378 g/mol. The quantitative estimate of drug-likeness (QED) is 0.726. The van der Waals surface area contributed by atoms with E-state index in [0.29, 0.717) is 30.6 Å². The minimum atomic E-state index is -3.62. The molecule has 3 rings (SSSR count). The molecule has 140 valence electrons. The molecular weight excluding hydrogens is 356 g/mol. The third kappa shape index (κ3) is 4.47. The second kappa shape index (κ2) is 7.55. The molecule has 0 unspecified atom stereocenters. The molecule has 26 heavy (non-hydrogen) atoms. The fourth-order valence-corrected chi connectivity index (χ4v) is 3.65. The monoisotopic (exact) mass is 378 g/mol. The lowest BCUT2D eigenvalue weighted by atomic mass is 10.1. The molecule has 8 nitrogen and oxygen atoms in total. The highest BCUT2D eigenvalue weighted by Gasteiger charge is 2.25. The van der Waals surface area contributed by atoms with Gasteiger partial charge in [0.05, 0.1) is 10.9 Å². The molecule has 1 aromatic heterocycles. The van der Waals surface area contributed by atoms with Crippen molar-refractivity contribution >= 4 is 15.9 Å². The van der Waals surface area contributed by atoms with E-state index in [1.54, 1.807) is 19.1 Å². The SMILES string of the molecule is CC[C@@H](NC(=O)c1cccc(S(=O)(=O)NCC2CC2)c1)c1noc(C)n1. The maximum Gasteiger partial charge on any atom is 0.251 e. The molecule has 0 spiro atoms. The van der Waals surface area contributed by atoms with Crippen LogP contribution in [0.1, 0.15) is 54.3 Å². The maximum absolute atomic E-state index is 12.5. The van der Waals surface area contributed by atoms with Crippen molar-refractivity contribution in [2.75, 3.05) is 6.54 Å². The van der Waals surface area contributed by atoms with Crippen LogP contribution < -0.4 is 10.0 Å². The van der Waals surface area contributed by atoms with Crippen LogP contribution in [0.15, 0.2) is 33.7 Å². The Balaban J connectivity index is 1.72. The lowest BCUT2D eigenvalue weighted by molar-refractivity contribution is 0.0933. The predicted molar refractivity (Wildman–Crippen MR) is 93.9 cm³/mol. The second-order valence-electron chi connectivity index (χ2n) is 6.43. The number of hydrogen-bond donors (Lipinski definition) is 2. The molecule has 1 aliphatic rings. The summed E-state index contributed by atoms with van der Waals surface area (Å²) < 4.78 is 32.3. The van der Waals surface area contributed by atoms with Crippen LogP contribution in [-0.4, -0.2) is 31.0 Å². The Kier molecular flexibility index (Phi) is 5.38. The molecule has 9 heteroatoms. The van der Waals surface area contributed by atoms with Crippen molar-refractivity contribution in [1.29, 1.82) is 0 Å². The van der Waals surface area contributed by atoms with E-state index in [-0.39, 0.29) is 10.5 Å². The summed E-state index contributed by atoms with van der Waals surface area (Å²) >= 11 is 0. The summed E-state index contributed by atoms with van der Waals surface area (Å²) in [6.45, 7) is 4.00. The molecule has 0 bridgehead atoms. The number of rotatable bonds is 8. The molecule has 1 saturated carbocycles. The maximum atomic E-state index is 12.5. The third-order valence-corrected chi connectivity index (χ3v) is 5.66. The highest BCUT2D eigenvalue weighted by molar-refractivity contribution is 7.89. The van der Waals surface area contributed by atoms with Gasteiger partial charge in [-0.25, -0.2) is 13.1 Å². The number of sulfonamides is 1. The van der Waals surface area contributed by atoms with E-state index in [1.165, 1.54) is 12.1 Å². The van der Waals surface area contributed by atoms with E-state index in [2.05, 4.69) is 20.2 Å². The first-order valence-corrected chi connectivity index (χ1v) is 10.1. The number of carbonyl (C=O) groups excluding carboxylic acids is 1.